The zero-order valence-electron chi connectivity index (χ0n) is 10.3. The van der Waals surface area contributed by atoms with Gasteiger partial charge >= 0.3 is 0 Å². The van der Waals surface area contributed by atoms with E-state index in [1.54, 1.807) is 6.07 Å². The summed E-state index contributed by atoms with van der Waals surface area (Å²) >= 11 is 12.0. The van der Waals surface area contributed by atoms with Crippen molar-refractivity contribution in [3.8, 4) is 0 Å². The normalized spacial score (nSPS) is 12.7. The molecule has 0 radical (unpaired) electrons. The molecule has 0 aliphatic rings. The van der Waals surface area contributed by atoms with E-state index in [1.807, 2.05) is 12.1 Å². The predicted octanol–water partition coefficient (Wildman–Crippen LogP) is 5.04. The number of hydrogen-bond donors (Lipinski definition) is 1. The molecule has 1 rings (SSSR count). The van der Waals surface area contributed by atoms with Gasteiger partial charge in [-0.25, -0.2) is 0 Å². The zero-order valence-corrected chi connectivity index (χ0v) is 11.8. The van der Waals surface area contributed by atoms with Crippen molar-refractivity contribution in [2.45, 2.75) is 44.9 Å². The summed E-state index contributed by atoms with van der Waals surface area (Å²) < 4.78 is 0. The topological polar surface area (TPSA) is 20.2 Å². The van der Waals surface area contributed by atoms with Gasteiger partial charge in [-0.05, 0) is 24.1 Å². The molecule has 0 aliphatic carbocycles. The minimum Gasteiger partial charge on any atom is -0.396 e. The Morgan fingerprint density at radius 3 is 2.53 bits per heavy atom. The number of aliphatic hydroxyl groups is 1. The van der Waals surface area contributed by atoms with Gasteiger partial charge in [0, 0.05) is 22.6 Å². The number of unbranched alkanes of at least 4 members (excludes halogenated alkanes) is 3. The van der Waals surface area contributed by atoms with Gasteiger partial charge in [-0.3, -0.25) is 0 Å². The third kappa shape index (κ3) is 4.87. The van der Waals surface area contributed by atoms with Crippen LogP contribution in [-0.4, -0.2) is 11.7 Å². The van der Waals surface area contributed by atoms with Gasteiger partial charge in [0.25, 0.3) is 0 Å². The third-order valence-electron chi connectivity index (χ3n) is 3.03. The molecule has 0 amide bonds. The molecule has 0 aliphatic heterocycles. The van der Waals surface area contributed by atoms with E-state index in [1.165, 1.54) is 19.3 Å². The molecule has 0 saturated heterocycles. The van der Waals surface area contributed by atoms with Crippen LogP contribution in [0.25, 0.3) is 0 Å². The van der Waals surface area contributed by atoms with E-state index in [4.69, 9.17) is 23.2 Å². The number of hydrogen-bond acceptors (Lipinski definition) is 1. The molecular formula is C14H20Cl2O. The highest BCUT2D eigenvalue weighted by Crippen LogP contribution is 2.30. The van der Waals surface area contributed by atoms with Crippen molar-refractivity contribution >= 4 is 23.2 Å². The maximum absolute atomic E-state index is 9.44. The summed E-state index contributed by atoms with van der Waals surface area (Å²) in [6.07, 6.45) is 5.83. The first-order chi connectivity index (χ1) is 8.19. The second kappa shape index (κ2) is 7.97. The van der Waals surface area contributed by atoms with Crippen LogP contribution < -0.4 is 0 Å². The minimum absolute atomic E-state index is 0.136. The molecule has 1 nitrogen and oxygen atoms in total. The van der Waals surface area contributed by atoms with Crippen LogP contribution in [0.3, 0.4) is 0 Å². The monoisotopic (exact) mass is 274 g/mol. The zero-order chi connectivity index (χ0) is 12.7. The fourth-order valence-corrected chi connectivity index (χ4v) is 2.56. The molecule has 3 heteroatoms. The fourth-order valence-electron chi connectivity index (χ4n) is 2.00. The van der Waals surface area contributed by atoms with Crippen LogP contribution in [0, 0.1) is 0 Å². The van der Waals surface area contributed by atoms with Crippen molar-refractivity contribution in [1.82, 2.24) is 0 Å². The van der Waals surface area contributed by atoms with Gasteiger partial charge in [0.15, 0.2) is 0 Å². The number of rotatable bonds is 7. The Hall–Kier alpha value is -0.240. The van der Waals surface area contributed by atoms with Crippen molar-refractivity contribution in [2.75, 3.05) is 6.61 Å². The SMILES string of the molecule is CCCCCCC(CO)c1ccc(Cl)cc1Cl. The van der Waals surface area contributed by atoms with Crippen LogP contribution >= 0.6 is 23.2 Å². The van der Waals surface area contributed by atoms with Crippen LogP contribution in [-0.2, 0) is 0 Å². The summed E-state index contributed by atoms with van der Waals surface area (Å²) in [5, 5.41) is 10.7. The standard InChI is InChI=1S/C14H20Cl2O/c1-2-3-4-5-6-11(10-17)13-8-7-12(15)9-14(13)16/h7-9,11,17H,2-6,10H2,1H3. The molecule has 0 saturated carbocycles. The molecule has 1 aromatic rings. The molecule has 0 bridgehead atoms. The van der Waals surface area contributed by atoms with Crippen LogP contribution in [0.15, 0.2) is 18.2 Å². The Morgan fingerprint density at radius 1 is 1.18 bits per heavy atom. The highest BCUT2D eigenvalue weighted by Gasteiger charge is 2.13. The smallest absolute Gasteiger partial charge is 0.0500 e. The summed E-state index contributed by atoms with van der Waals surface area (Å²) in [5.74, 6) is 0.136. The Morgan fingerprint density at radius 2 is 1.94 bits per heavy atom. The maximum Gasteiger partial charge on any atom is 0.0500 e. The summed E-state index contributed by atoms with van der Waals surface area (Å²) in [4.78, 5) is 0. The summed E-state index contributed by atoms with van der Waals surface area (Å²) in [7, 11) is 0. The number of aliphatic hydroxyl groups excluding tert-OH is 1. The van der Waals surface area contributed by atoms with Crippen molar-refractivity contribution in [3.05, 3.63) is 33.8 Å². The number of benzene rings is 1. The van der Waals surface area contributed by atoms with Crippen LogP contribution in [0.2, 0.25) is 10.0 Å². The van der Waals surface area contributed by atoms with E-state index in [2.05, 4.69) is 6.92 Å². The van der Waals surface area contributed by atoms with Crippen LogP contribution in [0.4, 0.5) is 0 Å². The molecule has 17 heavy (non-hydrogen) atoms. The molecule has 1 atom stereocenters. The van der Waals surface area contributed by atoms with Gasteiger partial charge in [-0.1, -0.05) is 61.9 Å². The van der Waals surface area contributed by atoms with E-state index in [0.717, 1.165) is 18.4 Å². The molecule has 0 heterocycles. The first-order valence-electron chi connectivity index (χ1n) is 6.24. The molecular weight excluding hydrogens is 255 g/mol. The first kappa shape index (κ1) is 14.8. The van der Waals surface area contributed by atoms with Crippen molar-refractivity contribution in [2.24, 2.45) is 0 Å². The van der Waals surface area contributed by atoms with E-state index in [-0.39, 0.29) is 12.5 Å². The highest BCUT2D eigenvalue weighted by molar-refractivity contribution is 6.35. The third-order valence-corrected chi connectivity index (χ3v) is 3.59. The summed E-state index contributed by atoms with van der Waals surface area (Å²) in [6.45, 7) is 2.34. The van der Waals surface area contributed by atoms with E-state index >= 15 is 0 Å². The average molecular weight is 275 g/mol. The lowest BCUT2D eigenvalue weighted by Gasteiger charge is -2.16. The van der Waals surface area contributed by atoms with Gasteiger partial charge in [-0.15, -0.1) is 0 Å². The Balaban J connectivity index is 2.59. The lowest BCUT2D eigenvalue weighted by atomic mass is 9.94. The quantitative estimate of drug-likeness (QED) is 0.691. The predicted molar refractivity (Wildman–Crippen MR) is 75.0 cm³/mol. The fraction of sp³-hybridized carbons (Fsp3) is 0.571. The molecule has 1 N–H and O–H groups in total. The van der Waals surface area contributed by atoms with Gasteiger partial charge in [0.05, 0.1) is 0 Å². The van der Waals surface area contributed by atoms with Crippen LogP contribution in [0.5, 0.6) is 0 Å². The lowest BCUT2D eigenvalue weighted by molar-refractivity contribution is 0.256. The minimum atomic E-state index is 0.136. The number of halogens is 2. The second-order valence-corrected chi connectivity index (χ2v) is 5.24. The average Bonchev–Trinajstić information content (AvgIpc) is 2.31. The molecule has 0 fully saturated rings. The van der Waals surface area contributed by atoms with Crippen molar-refractivity contribution < 1.29 is 5.11 Å². The lowest BCUT2D eigenvalue weighted by Crippen LogP contribution is -2.05. The van der Waals surface area contributed by atoms with E-state index < -0.39 is 0 Å². The molecule has 0 aromatic heterocycles. The molecule has 0 spiro atoms. The van der Waals surface area contributed by atoms with Crippen molar-refractivity contribution in [1.29, 1.82) is 0 Å². The van der Waals surface area contributed by atoms with E-state index in [9.17, 15) is 5.11 Å². The van der Waals surface area contributed by atoms with E-state index in [0.29, 0.717) is 10.0 Å². The van der Waals surface area contributed by atoms with Crippen molar-refractivity contribution in [3.63, 3.8) is 0 Å². The van der Waals surface area contributed by atoms with Gasteiger partial charge < -0.3 is 5.11 Å². The second-order valence-electron chi connectivity index (χ2n) is 4.39. The Labute approximate surface area is 114 Å². The summed E-state index contributed by atoms with van der Waals surface area (Å²) in [6, 6.07) is 5.50. The van der Waals surface area contributed by atoms with Crippen LogP contribution in [0.1, 0.15) is 50.5 Å². The van der Waals surface area contributed by atoms with Gasteiger partial charge in [-0.2, -0.15) is 0 Å². The maximum atomic E-state index is 9.44. The Bertz CT molecular complexity index is 339. The molecule has 1 unspecified atom stereocenters. The van der Waals surface area contributed by atoms with Gasteiger partial charge in [0.1, 0.15) is 0 Å². The van der Waals surface area contributed by atoms with Gasteiger partial charge in [0.2, 0.25) is 0 Å². The Kier molecular flexibility index (Phi) is 6.94. The first-order valence-corrected chi connectivity index (χ1v) is 7.00. The molecule has 96 valence electrons. The molecule has 1 aromatic carbocycles. The highest BCUT2D eigenvalue weighted by atomic mass is 35.5. The summed E-state index contributed by atoms with van der Waals surface area (Å²) in [5.41, 5.74) is 1.01. The largest absolute Gasteiger partial charge is 0.396 e.